The second-order valence-corrected chi connectivity index (χ2v) is 17.1. The third kappa shape index (κ3) is 8.64. The lowest BCUT2D eigenvalue weighted by molar-refractivity contribution is 0.0682. The van der Waals surface area contributed by atoms with Crippen molar-refractivity contribution < 1.29 is 57.7 Å². The molecule has 4 aliphatic rings. The summed E-state index contributed by atoms with van der Waals surface area (Å²) in [5.74, 6) is -5.79. The number of nitrogens with zero attached hydrogens (tertiary/aromatic N) is 2. The van der Waals surface area contributed by atoms with Crippen molar-refractivity contribution in [1.29, 1.82) is 0 Å². The molecule has 356 valence electrons. The van der Waals surface area contributed by atoms with E-state index in [1.165, 1.54) is 60.7 Å². The minimum atomic E-state index is -1.45. The number of furan rings is 1. The Morgan fingerprint density at radius 3 is 2.07 bits per heavy atom. The zero-order chi connectivity index (χ0) is 50.6. The quantitative estimate of drug-likeness (QED) is 0.0624. The van der Waals surface area contributed by atoms with Crippen LogP contribution in [0.1, 0.15) is 63.3 Å². The SMILES string of the molecule is C/N=c1/ccc2c(-c3c(Cl)cc(C(=O)NCc4ccc(C(=O)NCc5c6oc7cc(O)ccc7c(-c7ccc(C(=O)O)cc7C(=O)O)c-6ccc5=O)o4)c(Cl)c3C(=O)O)c3ccc(N(C)C)cc3oc-2c1. The van der Waals surface area contributed by atoms with Crippen LogP contribution < -0.4 is 26.3 Å². The number of nitrogens with one attached hydrogen (secondary N) is 2. The number of carboxylic acids is 3. The number of benzene rings is 6. The Labute approximate surface area is 410 Å². The summed E-state index contributed by atoms with van der Waals surface area (Å²) >= 11 is 13.8. The van der Waals surface area contributed by atoms with Crippen LogP contribution in [-0.2, 0) is 13.1 Å². The van der Waals surface area contributed by atoms with E-state index >= 15 is 0 Å². The number of halogens is 2. The lowest BCUT2D eigenvalue weighted by atomic mass is 9.88. The van der Waals surface area contributed by atoms with Gasteiger partial charge in [0.2, 0.25) is 0 Å². The van der Waals surface area contributed by atoms with E-state index in [1.54, 1.807) is 37.4 Å². The fourth-order valence-corrected chi connectivity index (χ4v) is 9.03. The van der Waals surface area contributed by atoms with Gasteiger partial charge in [0.05, 0.1) is 56.3 Å². The van der Waals surface area contributed by atoms with Crippen LogP contribution in [-0.4, -0.2) is 71.3 Å². The maximum absolute atomic E-state index is 13.8. The Morgan fingerprint density at radius 2 is 1.35 bits per heavy atom. The highest BCUT2D eigenvalue weighted by atomic mass is 35.5. The molecule has 0 radical (unpaired) electrons. The number of aromatic hydroxyl groups is 1. The van der Waals surface area contributed by atoms with Crippen LogP contribution in [0.2, 0.25) is 10.0 Å². The average Bonchev–Trinajstić information content (AvgIpc) is 3.83. The van der Waals surface area contributed by atoms with E-state index in [2.05, 4.69) is 15.6 Å². The average molecular weight is 996 g/mol. The monoisotopic (exact) mass is 994 g/mol. The van der Waals surface area contributed by atoms with Crippen molar-refractivity contribution >= 4 is 80.6 Å². The zero-order valence-electron chi connectivity index (χ0n) is 37.3. The van der Waals surface area contributed by atoms with Crippen molar-refractivity contribution in [2.24, 2.45) is 4.99 Å². The standard InChI is InChI=1S/C52H36Cl2N4O13/c1-55-24-5-10-30-39(17-24)70-40-18-25(58(2)3)6-11-31(40)43(30)44-36(53)20-34(46(54)45(44)52(67)68)48(61)56-21-27-8-15-38(69-27)49(62)57-22-35-37(60)14-13-32-42(29-12-7-26(59)19-41(29)71-47(32)35)28-9-4-23(50(63)64)16-33(28)51(65)66/h4-20,59H,21-22H2,1-3H3,(H,56,61)(H,57,62)(H,63,64)(H,65,66)(H,67,68)/b55-24-. The van der Waals surface area contributed by atoms with Gasteiger partial charge in [-0.3, -0.25) is 19.4 Å². The van der Waals surface area contributed by atoms with Gasteiger partial charge in [-0.1, -0.05) is 29.3 Å². The van der Waals surface area contributed by atoms with Crippen molar-refractivity contribution in [1.82, 2.24) is 10.6 Å². The number of fused-ring (bicyclic) bond motifs is 4. The van der Waals surface area contributed by atoms with Gasteiger partial charge in [-0.05, 0) is 84.4 Å². The number of phenols is 1. The van der Waals surface area contributed by atoms with E-state index < -0.39 is 52.3 Å². The number of rotatable bonds is 12. The first-order valence-electron chi connectivity index (χ1n) is 21.3. The molecule has 2 amide bonds. The Hall–Kier alpha value is -8.93. The molecule has 2 aliphatic heterocycles. The van der Waals surface area contributed by atoms with E-state index in [-0.39, 0.29) is 84.7 Å². The maximum atomic E-state index is 13.8. The second kappa shape index (κ2) is 18.5. The summed E-state index contributed by atoms with van der Waals surface area (Å²) in [6, 6.07) is 24.9. The number of carbonyl (C=O) groups excluding carboxylic acids is 2. The first kappa shape index (κ1) is 47.1. The summed E-state index contributed by atoms with van der Waals surface area (Å²) in [4.78, 5) is 84.1. The zero-order valence-corrected chi connectivity index (χ0v) is 38.9. The molecule has 0 atom stereocenters. The number of phenolic OH excluding ortho intramolecular Hbond substituents is 1. The maximum Gasteiger partial charge on any atom is 0.337 e. The van der Waals surface area contributed by atoms with Crippen LogP contribution in [0.25, 0.3) is 66.8 Å². The van der Waals surface area contributed by atoms with Crippen molar-refractivity contribution in [3.05, 3.63) is 168 Å². The van der Waals surface area contributed by atoms with Crippen molar-refractivity contribution in [3.63, 3.8) is 0 Å². The summed E-state index contributed by atoms with van der Waals surface area (Å²) in [7, 11) is 5.35. The number of hydrogen-bond acceptors (Lipinski definition) is 12. The largest absolute Gasteiger partial charge is 0.508 e. The molecule has 0 fully saturated rings. The summed E-state index contributed by atoms with van der Waals surface area (Å²) < 4.78 is 18.2. The first-order valence-corrected chi connectivity index (χ1v) is 22.0. The van der Waals surface area contributed by atoms with Gasteiger partial charge in [-0.2, -0.15) is 0 Å². The number of carboxylic acid groups (broad SMARTS) is 3. The van der Waals surface area contributed by atoms with Gasteiger partial charge >= 0.3 is 17.9 Å². The minimum absolute atomic E-state index is 0.0493. The lowest BCUT2D eigenvalue weighted by Gasteiger charge is -2.21. The molecule has 2 aliphatic carbocycles. The molecule has 6 N–H and O–H groups in total. The van der Waals surface area contributed by atoms with E-state index in [4.69, 9.17) is 36.5 Å². The molecule has 1 aromatic heterocycles. The number of amides is 2. The number of carbonyl (C=O) groups is 5. The molecule has 4 aromatic carbocycles. The molecule has 0 unspecified atom stereocenters. The Bertz CT molecular complexity index is 3820. The van der Waals surface area contributed by atoms with E-state index in [0.29, 0.717) is 38.6 Å². The number of aromatic carboxylic acids is 3. The summed E-state index contributed by atoms with van der Waals surface area (Å²) in [6.45, 7) is -0.712. The van der Waals surface area contributed by atoms with Gasteiger partial charge in [0.15, 0.2) is 11.2 Å². The van der Waals surface area contributed by atoms with Gasteiger partial charge in [0, 0.05) is 83.6 Å². The molecule has 0 saturated carbocycles. The fourth-order valence-electron chi connectivity index (χ4n) is 8.41. The van der Waals surface area contributed by atoms with Crippen LogP contribution >= 0.6 is 23.2 Å². The van der Waals surface area contributed by atoms with Crippen LogP contribution in [0.3, 0.4) is 0 Å². The molecule has 3 heterocycles. The smallest absolute Gasteiger partial charge is 0.337 e. The van der Waals surface area contributed by atoms with Crippen molar-refractivity contribution in [2.45, 2.75) is 13.1 Å². The molecule has 0 spiro atoms. The Balaban J connectivity index is 0.978. The molecule has 71 heavy (non-hydrogen) atoms. The Kier molecular flexibility index (Phi) is 12.3. The highest BCUT2D eigenvalue weighted by Crippen LogP contribution is 2.47. The Morgan fingerprint density at radius 1 is 0.648 bits per heavy atom. The topological polar surface area (TPSA) is 262 Å². The van der Waals surface area contributed by atoms with Gasteiger partial charge in [0.25, 0.3) is 11.8 Å². The van der Waals surface area contributed by atoms with Crippen molar-refractivity contribution in [3.8, 4) is 50.7 Å². The molecular weight excluding hydrogens is 959 g/mol. The summed E-state index contributed by atoms with van der Waals surface area (Å²) in [6.07, 6.45) is 0. The molecule has 9 rings (SSSR count). The van der Waals surface area contributed by atoms with Crippen LogP contribution in [0.5, 0.6) is 5.75 Å². The third-order valence-corrected chi connectivity index (χ3v) is 12.5. The van der Waals surface area contributed by atoms with E-state index in [9.17, 15) is 49.2 Å². The summed E-state index contributed by atoms with van der Waals surface area (Å²) in [5, 5.41) is 46.9. The lowest BCUT2D eigenvalue weighted by Crippen LogP contribution is -2.26. The predicted octanol–water partition coefficient (Wildman–Crippen LogP) is 9.24. The molecular formula is C52H36Cl2N4O13. The molecule has 0 bridgehead atoms. The predicted molar refractivity (Wildman–Crippen MR) is 262 cm³/mol. The summed E-state index contributed by atoms with van der Waals surface area (Å²) in [5.41, 5.74) is 0.958. The number of anilines is 1. The van der Waals surface area contributed by atoms with Gasteiger partial charge in [-0.15, -0.1) is 0 Å². The molecule has 5 aromatic rings. The highest BCUT2D eigenvalue weighted by Gasteiger charge is 2.31. The van der Waals surface area contributed by atoms with Crippen LogP contribution in [0.4, 0.5) is 5.69 Å². The normalized spacial score (nSPS) is 11.6. The van der Waals surface area contributed by atoms with Gasteiger partial charge in [-0.25, -0.2) is 14.4 Å². The van der Waals surface area contributed by atoms with Gasteiger partial charge < -0.3 is 49.2 Å². The second-order valence-electron chi connectivity index (χ2n) is 16.3. The minimum Gasteiger partial charge on any atom is -0.508 e. The third-order valence-electron chi connectivity index (χ3n) is 11.8. The fraction of sp³-hybridized carbons (Fsp3) is 0.0962. The number of hydrogen-bond donors (Lipinski definition) is 6. The first-order chi connectivity index (χ1) is 33.9. The van der Waals surface area contributed by atoms with Crippen LogP contribution in [0.15, 0.2) is 126 Å². The van der Waals surface area contributed by atoms with E-state index in [1.807, 2.05) is 25.1 Å². The molecule has 19 heteroatoms. The van der Waals surface area contributed by atoms with Crippen LogP contribution in [0, 0.1) is 0 Å². The van der Waals surface area contributed by atoms with E-state index in [0.717, 1.165) is 11.8 Å². The van der Waals surface area contributed by atoms with Crippen molar-refractivity contribution in [2.75, 3.05) is 26.0 Å². The molecule has 0 saturated heterocycles. The highest BCUT2D eigenvalue weighted by molar-refractivity contribution is 6.41. The van der Waals surface area contributed by atoms with Gasteiger partial charge in [0.1, 0.15) is 34.2 Å². The molecule has 17 nitrogen and oxygen atoms in total.